The molecule has 2 atom stereocenters. The summed E-state index contributed by atoms with van der Waals surface area (Å²) in [6, 6.07) is 0.134. The lowest BCUT2D eigenvalue weighted by Crippen LogP contribution is -2.21. The second kappa shape index (κ2) is 4.99. The van der Waals surface area contributed by atoms with Crippen molar-refractivity contribution in [3.8, 4) is 0 Å². The second-order valence-electron chi connectivity index (χ2n) is 3.92. The summed E-state index contributed by atoms with van der Waals surface area (Å²) in [7, 11) is 0. The molecule has 1 aromatic heterocycles. The fraction of sp³-hybridized carbons (Fsp3) is 0.800. The van der Waals surface area contributed by atoms with Crippen LogP contribution < -0.4 is 5.73 Å². The average molecular weight is 227 g/mol. The van der Waals surface area contributed by atoms with Gasteiger partial charge in [-0.1, -0.05) is 12.1 Å². The Bertz CT molecular complexity index is 309. The predicted octanol–water partition coefficient (Wildman–Crippen LogP) is 1.92. The Kier molecular flexibility index (Phi) is 3.64. The molecule has 0 aromatic carbocycles. The molecule has 0 aliphatic carbocycles. The van der Waals surface area contributed by atoms with Crippen molar-refractivity contribution in [1.82, 2.24) is 10.1 Å². The highest BCUT2D eigenvalue weighted by Gasteiger charge is 2.23. The highest BCUT2D eigenvalue weighted by atomic mass is 32.2. The number of thioether (sulfide) groups is 1. The molecule has 15 heavy (non-hydrogen) atoms. The standard InChI is InChI=1S/C10H17N3OS/c1-2-7(11)6-9-12-10(13-14-9)8-4-3-5-15-8/h7-8H,2-6,11H2,1H3. The Morgan fingerprint density at radius 1 is 1.67 bits per heavy atom. The van der Waals surface area contributed by atoms with E-state index in [0.29, 0.717) is 17.6 Å². The van der Waals surface area contributed by atoms with Crippen LogP contribution in [0.5, 0.6) is 0 Å². The van der Waals surface area contributed by atoms with Crippen LogP contribution in [-0.4, -0.2) is 21.9 Å². The molecule has 1 aliphatic rings. The molecule has 1 aromatic rings. The zero-order chi connectivity index (χ0) is 10.7. The van der Waals surface area contributed by atoms with Crippen LogP contribution >= 0.6 is 11.8 Å². The smallest absolute Gasteiger partial charge is 0.228 e. The summed E-state index contributed by atoms with van der Waals surface area (Å²) in [4.78, 5) is 4.40. The number of nitrogens with zero attached hydrogens (tertiary/aromatic N) is 2. The summed E-state index contributed by atoms with van der Waals surface area (Å²) in [6.45, 7) is 2.06. The molecule has 84 valence electrons. The third-order valence-corrected chi connectivity index (χ3v) is 4.04. The predicted molar refractivity (Wildman–Crippen MR) is 60.7 cm³/mol. The Morgan fingerprint density at radius 3 is 3.20 bits per heavy atom. The normalized spacial score (nSPS) is 23.2. The lowest BCUT2D eigenvalue weighted by atomic mass is 10.2. The van der Waals surface area contributed by atoms with Crippen molar-refractivity contribution in [1.29, 1.82) is 0 Å². The third kappa shape index (κ3) is 2.72. The van der Waals surface area contributed by atoms with Crippen LogP contribution in [0.15, 0.2) is 4.52 Å². The van der Waals surface area contributed by atoms with Gasteiger partial charge in [0.1, 0.15) is 0 Å². The molecule has 2 heterocycles. The van der Waals surface area contributed by atoms with E-state index in [1.165, 1.54) is 18.6 Å². The molecule has 0 saturated carbocycles. The van der Waals surface area contributed by atoms with Gasteiger partial charge in [0.2, 0.25) is 5.89 Å². The summed E-state index contributed by atoms with van der Waals surface area (Å²) in [5.74, 6) is 2.76. The van der Waals surface area contributed by atoms with E-state index in [4.69, 9.17) is 10.3 Å². The number of hydrogen-bond acceptors (Lipinski definition) is 5. The fourth-order valence-electron chi connectivity index (χ4n) is 1.63. The van der Waals surface area contributed by atoms with E-state index >= 15 is 0 Å². The zero-order valence-electron chi connectivity index (χ0n) is 8.98. The van der Waals surface area contributed by atoms with Crippen LogP contribution in [0.1, 0.15) is 43.2 Å². The summed E-state index contributed by atoms with van der Waals surface area (Å²) < 4.78 is 5.20. The molecule has 1 fully saturated rings. The van der Waals surface area contributed by atoms with E-state index < -0.39 is 0 Å². The molecule has 0 bridgehead atoms. The van der Waals surface area contributed by atoms with Crippen LogP contribution in [-0.2, 0) is 6.42 Å². The summed E-state index contributed by atoms with van der Waals surface area (Å²) in [5.41, 5.74) is 5.83. The Labute approximate surface area is 94.0 Å². The van der Waals surface area contributed by atoms with E-state index in [2.05, 4.69) is 17.1 Å². The number of aromatic nitrogens is 2. The quantitative estimate of drug-likeness (QED) is 0.851. The van der Waals surface area contributed by atoms with Crippen molar-refractivity contribution >= 4 is 11.8 Å². The largest absolute Gasteiger partial charge is 0.339 e. The molecular weight excluding hydrogens is 210 g/mol. The minimum atomic E-state index is 0.134. The van der Waals surface area contributed by atoms with Crippen molar-refractivity contribution in [3.05, 3.63) is 11.7 Å². The van der Waals surface area contributed by atoms with Crippen molar-refractivity contribution in [2.24, 2.45) is 5.73 Å². The van der Waals surface area contributed by atoms with Crippen molar-refractivity contribution in [3.63, 3.8) is 0 Å². The second-order valence-corrected chi connectivity index (χ2v) is 5.23. The SMILES string of the molecule is CCC(N)Cc1nc(C2CCCS2)no1. The summed E-state index contributed by atoms with van der Waals surface area (Å²) in [6.07, 6.45) is 4.06. The maximum atomic E-state index is 5.83. The van der Waals surface area contributed by atoms with Gasteiger partial charge < -0.3 is 10.3 Å². The van der Waals surface area contributed by atoms with E-state index in [9.17, 15) is 0 Å². The van der Waals surface area contributed by atoms with Crippen molar-refractivity contribution < 1.29 is 4.52 Å². The van der Waals surface area contributed by atoms with Crippen LogP contribution in [0.25, 0.3) is 0 Å². The van der Waals surface area contributed by atoms with Crippen LogP contribution in [0.2, 0.25) is 0 Å². The van der Waals surface area contributed by atoms with Crippen molar-refractivity contribution in [2.75, 3.05) is 5.75 Å². The van der Waals surface area contributed by atoms with E-state index in [1.807, 2.05) is 11.8 Å². The Balaban J connectivity index is 1.97. The van der Waals surface area contributed by atoms with Gasteiger partial charge in [-0.3, -0.25) is 0 Å². The summed E-state index contributed by atoms with van der Waals surface area (Å²) in [5, 5.41) is 4.47. The van der Waals surface area contributed by atoms with Gasteiger partial charge in [-0.05, 0) is 25.0 Å². The van der Waals surface area contributed by atoms with Gasteiger partial charge in [0.25, 0.3) is 0 Å². The first-order valence-corrected chi connectivity index (χ1v) is 6.54. The van der Waals surface area contributed by atoms with Gasteiger partial charge in [-0.25, -0.2) is 0 Å². The first-order chi connectivity index (χ1) is 7.29. The molecule has 2 rings (SSSR count). The first-order valence-electron chi connectivity index (χ1n) is 5.49. The van der Waals surface area contributed by atoms with Crippen LogP contribution in [0, 0.1) is 0 Å². The minimum absolute atomic E-state index is 0.134. The molecule has 0 radical (unpaired) electrons. The molecule has 2 N–H and O–H groups in total. The van der Waals surface area contributed by atoms with Gasteiger partial charge in [-0.2, -0.15) is 16.7 Å². The Morgan fingerprint density at radius 2 is 2.53 bits per heavy atom. The number of rotatable bonds is 4. The molecule has 4 nitrogen and oxygen atoms in total. The lowest BCUT2D eigenvalue weighted by molar-refractivity contribution is 0.362. The number of hydrogen-bond donors (Lipinski definition) is 1. The molecule has 1 saturated heterocycles. The lowest BCUT2D eigenvalue weighted by Gasteiger charge is -2.03. The fourth-order valence-corrected chi connectivity index (χ4v) is 2.83. The van der Waals surface area contributed by atoms with E-state index in [1.54, 1.807) is 0 Å². The Hall–Kier alpha value is -0.550. The maximum Gasteiger partial charge on any atom is 0.228 e. The van der Waals surface area contributed by atoms with Gasteiger partial charge in [0.15, 0.2) is 5.82 Å². The van der Waals surface area contributed by atoms with Gasteiger partial charge in [-0.15, -0.1) is 0 Å². The molecular formula is C10H17N3OS. The topological polar surface area (TPSA) is 64.9 Å². The molecule has 0 amide bonds. The van der Waals surface area contributed by atoms with Gasteiger partial charge in [0.05, 0.1) is 5.25 Å². The molecule has 0 spiro atoms. The van der Waals surface area contributed by atoms with Gasteiger partial charge >= 0.3 is 0 Å². The molecule has 5 heteroatoms. The first kappa shape index (κ1) is 11.0. The van der Waals surface area contributed by atoms with Gasteiger partial charge in [0, 0.05) is 12.5 Å². The highest BCUT2D eigenvalue weighted by Crippen LogP contribution is 2.38. The van der Waals surface area contributed by atoms with Crippen molar-refractivity contribution in [2.45, 2.75) is 43.9 Å². The van der Waals surface area contributed by atoms with E-state index in [0.717, 1.165) is 12.2 Å². The van der Waals surface area contributed by atoms with Crippen LogP contribution in [0.3, 0.4) is 0 Å². The highest BCUT2D eigenvalue weighted by molar-refractivity contribution is 7.99. The van der Waals surface area contributed by atoms with Crippen LogP contribution in [0.4, 0.5) is 0 Å². The molecule has 2 unspecified atom stereocenters. The molecule has 1 aliphatic heterocycles. The van der Waals surface area contributed by atoms with E-state index in [-0.39, 0.29) is 6.04 Å². The minimum Gasteiger partial charge on any atom is -0.339 e. The monoisotopic (exact) mass is 227 g/mol. The average Bonchev–Trinajstić information content (AvgIpc) is 2.85. The third-order valence-electron chi connectivity index (χ3n) is 2.66. The zero-order valence-corrected chi connectivity index (χ0v) is 9.80. The summed E-state index contributed by atoms with van der Waals surface area (Å²) >= 11 is 1.92. The number of nitrogens with two attached hydrogens (primary N) is 1. The maximum absolute atomic E-state index is 5.83.